The molecule has 0 aliphatic heterocycles. The third kappa shape index (κ3) is 5.04. The molecule has 0 aromatic rings. The molecule has 1 rings (SSSR count). The van der Waals surface area contributed by atoms with Gasteiger partial charge in [0.2, 0.25) is 5.91 Å². The highest BCUT2D eigenvalue weighted by Gasteiger charge is 2.29. The molecule has 1 aliphatic rings. The van der Waals surface area contributed by atoms with Gasteiger partial charge in [0.05, 0.1) is 6.54 Å². The summed E-state index contributed by atoms with van der Waals surface area (Å²) < 4.78 is 0. The summed E-state index contributed by atoms with van der Waals surface area (Å²) in [7, 11) is 6.04. The fourth-order valence-corrected chi connectivity index (χ4v) is 1.91. The van der Waals surface area contributed by atoms with Crippen LogP contribution in [0.5, 0.6) is 0 Å². The molecule has 0 bridgehead atoms. The lowest BCUT2D eigenvalue weighted by atomic mass is 10.0. The summed E-state index contributed by atoms with van der Waals surface area (Å²) in [6.45, 7) is 5.81. The zero-order valence-corrected chi connectivity index (χ0v) is 11.9. The molecule has 0 heterocycles. The monoisotopic (exact) mass is 241 g/mol. The Hall–Kier alpha value is -0.610. The van der Waals surface area contributed by atoms with Crippen LogP contribution in [0.25, 0.3) is 0 Å². The number of likely N-dealkylation sites (N-methyl/N-ethyl adjacent to an activating group) is 2. The Kier molecular flexibility index (Phi) is 5.40. The second-order valence-corrected chi connectivity index (χ2v) is 5.73. The fraction of sp³-hybridized carbons (Fsp3) is 0.923. The highest BCUT2D eigenvalue weighted by atomic mass is 16.2. The Labute approximate surface area is 105 Å². The van der Waals surface area contributed by atoms with Crippen LogP contribution in [-0.2, 0) is 4.79 Å². The van der Waals surface area contributed by atoms with Crippen LogP contribution in [0.1, 0.15) is 26.7 Å². The number of nitrogens with zero attached hydrogens (tertiary/aromatic N) is 2. The Balaban J connectivity index is 2.32. The normalized spacial score (nSPS) is 17.6. The fourth-order valence-electron chi connectivity index (χ4n) is 1.91. The van der Waals surface area contributed by atoms with Crippen molar-refractivity contribution in [3.63, 3.8) is 0 Å². The van der Waals surface area contributed by atoms with Crippen LogP contribution in [0.4, 0.5) is 0 Å². The zero-order chi connectivity index (χ0) is 13.0. The van der Waals surface area contributed by atoms with Crippen molar-refractivity contribution in [1.82, 2.24) is 15.1 Å². The number of carbonyl (C=O) groups excluding carboxylic acids is 1. The maximum absolute atomic E-state index is 11.9. The van der Waals surface area contributed by atoms with E-state index in [0.29, 0.717) is 24.5 Å². The molecule has 0 aromatic heterocycles. The molecule has 1 saturated carbocycles. The molecule has 4 nitrogen and oxygen atoms in total. The van der Waals surface area contributed by atoms with Crippen LogP contribution in [0, 0.1) is 5.92 Å². The molecule has 0 spiro atoms. The smallest absolute Gasteiger partial charge is 0.236 e. The summed E-state index contributed by atoms with van der Waals surface area (Å²) in [5.41, 5.74) is 0. The van der Waals surface area contributed by atoms with Crippen LogP contribution < -0.4 is 5.32 Å². The van der Waals surface area contributed by atoms with Crippen molar-refractivity contribution in [3.8, 4) is 0 Å². The molecule has 17 heavy (non-hydrogen) atoms. The number of nitrogens with one attached hydrogen (secondary N) is 1. The minimum absolute atomic E-state index is 0.219. The Morgan fingerprint density at radius 2 is 1.88 bits per heavy atom. The van der Waals surface area contributed by atoms with Gasteiger partial charge >= 0.3 is 0 Å². The highest BCUT2D eigenvalue weighted by Crippen LogP contribution is 2.25. The van der Waals surface area contributed by atoms with Crippen LogP contribution in [0.15, 0.2) is 0 Å². The van der Waals surface area contributed by atoms with E-state index >= 15 is 0 Å². The first kappa shape index (κ1) is 14.5. The summed E-state index contributed by atoms with van der Waals surface area (Å²) >= 11 is 0. The van der Waals surface area contributed by atoms with Gasteiger partial charge in [0, 0.05) is 25.7 Å². The van der Waals surface area contributed by atoms with Crippen molar-refractivity contribution >= 4 is 5.91 Å². The van der Waals surface area contributed by atoms with E-state index in [-0.39, 0.29) is 5.91 Å². The first-order valence-corrected chi connectivity index (χ1v) is 6.55. The Morgan fingerprint density at radius 1 is 1.29 bits per heavy atom. The van der Waals surface area contributed by atoms with Crippen LogP contribution in [0.2, 0.25) is 0 Å². The van der Waals surface area contributed by atoms with E-state index in [1.165, 1.54) is 12.8 Å². The van der Waals surface area contributed by atoms with E-state index in [1.54, 1.807) is 0 Å². The van der Waals surface area contributed by atoms with E-state index in [0.717, 1.165) is 6.54 Å². The summed E-state index contributed by atoms with van der Waals surface area (Å²) in [4.78, 5) is 15.9. The van der Waals surface area contributed by atoms with E-state index in [9.17, 15) is 4.79 Å². The first-order valence-electron chi connectivity index (χ1n) is 6.55. The second-order valence-electron chi connectivity index (χ2n) is 5.73. The lowest BCUT2D eigenvalue weighted by Crippen LogP contribution is -2.46. The SMILES string of the molecule is CC(C)C(CN(C)C)NCC(=O)N(C)C1CC1. The molecule has 1 fully saturated rings. The van der Waals surface area contributed by atoms with E-state index < -0.39 is 0 Å². The van der Waals surface area contributed by atoms with E-state index in [1.807, 2.05) is 11.9 Å². The maximum atomic E-state index is 11.9. The summed E-state index contributed by atoms with van der Waals surface area (Å²) in [6, 6.07) is 0.886. The molecule has 0 saturated heterocycles. The zero-order valence-electron chi connectivity index (χ0n) is 11.9. The van der Waals surface area contributed by atoms with Gasteiger partial charge in [-0.15, -0.1) is 0 Å². The average molecular weight is 241 g/mol. The van der Waals surface area contributed by atoms with Crippen molar-refractivity contribution in [2.75, 3.05) is 34.2 Å². The Bertz CT molecular complexity index is 249. The van der Waals surface area contributed by atoms with Gasteiger partial charge in [0.25, 0.3) is 0 Å². The van der Waals surface area contributed by atoms with Gasteiger partial charge < -0.3 is 15.1 Å². The molecule has 100 valence electrons. The molecule has 1 atom stereocenters. The van der Waals surface area contributed by atoms with Gasteiger partial charge in [-0.1, -0.05) is 13.8 Å². The third-order valence-electron chi connectivity index (χ3n) is 3.37. The molecule has 1 aliphatic carbocycles. The van der Waals surface area contributed by atoms with Gasteiger partial charge in [-0.25, -0.2) is 0 Å². The molecule has 0 aromatic carbocycles. The first-order chi connectivity index (χ1) is 7.91. The van der Waals surface area contributed by atoms with Crippen LogP contribution in [0.3, 0.4) is 0 Å². The highest BCUT2D eigenvalue weighted by molar-refractivity contribution is 5.78. The van der Waals surface area contributed by atoms with Crippen LogP contribution >= 0.6 is 0 Å². The second kappa shape index (κ2) is 6.36. The molecular formula is C13H27N3O. The molecule has 4 heteroatoms. The van der Waals surface area contributed by atoms with Gasteiger partial charge in [-0.2, -0.15) is 0 Å². The molecule has 1 amide bonds. The Morgan fingerprint density at radius 3 is 2.29 bits per heavy atom. The minimum Gasteiger partial charge on any atom is -0.342 e. The van der Waals surface area contributed by atoms with Gasteiger partial charge in [0.15, 0.2) is 0 Å². The summed E-state index contributed by atoms with van der Waals surface area (Å²) in [5, 5.41) is 3.38. The number of hydrogen-bond donors (Lipinski definition) is 1. The van der Waals surface area contributed by atoms with Crippen LogP contribution in [-0.4, -0.2) is 62.0 Å². The third-order valence-corrected chi connectivity index (χ3v) is 3.37. The molecular weight excluding hydrogens is 214 g/mol. The maximum Gasteiger partial charge on any atom is 0.236 e. The quantitative estimate of drug-likeness (QED) is 0.715. The summed E-state index contributed by atoms with van der Waals surface area (Å²) in [5.74, 6) is 0.758. The lowest BCUT2D eigenvalue weighted by Gasteiger charge is -2.26. The summed E-state index contributed by atoms with van der Waals surface area (Å²) in [6.07, 6.45) is 2.35. The number of carbonyl (C=O) groups is 1. The molecule has 0 radical (unpaired) electrons. The number of rotatable bonds is 7. The topological polar surface area (TPSA) is 35.6 Å². The van der Waals surface area contributed by atoms with Gasteiger partial charge in [-0.3, -0.25) is 4.79 Å². The van der Waals surface area contributed by atoms with Gasteiger partial charge in [-0.05, 0) is 32.9 Å². The minimum atomic E-state index is 0.219. The van der Waals surface area contributed by atoms with Crippen molar-refractivity contribution in [2.45, 2.75) is 38.8 Å². The van der Waals surface area contributed by atoms with Crippen molar-refractivity contribution in [2.24, 2.45) is 5.92 Å². The van der Waals surface area contributed by atoms with Crippen molar-refractivity contribution < 1.29 is 4.79 Å². The average Bonchev–Trinajstić information content (AvgIpc) is 3.05. The molecule has 1 N–H and O–H groups in total. The largest absolute Gasteiger partial charge is 0.342 e. The van der Waals surface area contributed by atoms with Crippen molar-refractivity contribution in [1.29, 1.82) is 0 Å². The van der Waals surface area contributed by atoms with E-state index in [2.05, 4.69) is 38.2 Å². The standard InChI is InChI=1S/C13H27N3O/c1-10(2)12(9-15(3)4)14-8-13(17)16(5)11-6-7-11/h10-12,14H,6-9H2,1-5H3. The lowest BCUT2D eigenvalue weighted by molar-refractivity contribution is -0.129. The van der Waals surface area contributed by atoms with Crippen molar-refractivity contribution in [3.05, 3.63) is 0 Å². The van der Waals surface area contributed by atoms with Gasteiger partial charge in [0.1, 0.15) is 0 Å². The predicted molar refractivity (Wildman–Crippen MR) is 71.0 cm³/mol. The predicted octanol–water partition coefficient (Wildman–Crippen LogP) is 0.783. The number of amides is 1. The number of hydrogen-bond acceptors (Lipinski definition) is 3. The van der Waals surface area contributed by atoms with E-state index in [4.69, 9.17) is 0 Å². The molecule has 1 unspecified atom stereocenters.